The number of amides is 4. The molecule has 0 aromatic heterocycles. The predicted molar refractivity (Wildman–Crippen MR) is 192 cm³/mol. The van der Waals surface area contributed by atoms with E-state index >= 15 is 0 Å². The van der Waals surface area contributed by atoms with Crippen LogP contribution in [0.15, 0.2) is 60.7 Å². The Morgan fingerprint density at radius 1 is 0.780 bits per heavy atom. The summed E-state index contributed by atoms with van der Waals surface area (Å²) in [6, 6.07) is 15.0. The fourth-order valence-electron chi connectivity index (χ4n) is 5.54. The summed E-state index contributed by atoms with van der Waals surface area (Å²) in [6.07, 6.45) is 1.13. The van der Waals surface area contributed by atoms with Crippen molar-refractivity contribution < 1.29 is 33.4 Å². The first-order chi connectivity index (χ1) is 23.5. The molecule has 2 aromatic rings. The maximum atomic E-state index is 14.1. The minimum atomic E-state index is -1.04. The molecule has 274 valence electrons. The van der Waals surface area contributed by atoms with Gasteiger partial charge >= 0.3 is 6.09 Å². The van der Waals surface area contributed by atoms with Gasteiger partial charge in [-0.15, -0.1) is 0 Å². The minimum Gasteiger partial charge on any atom is -0.444 e. The zero-order chi connectivity index (χ0) is 37.1. The molecule has 0 radical (unpaired) electrons. The van der Waals surface area contributed by atoms with Crippen molar-refractivity contribution in [3.63, 3.8) is 0 Å². The first-order valence-corrected chi connectivity index (χ1v) is 17.7. The van der Waals surface area contributed by atoms with Crippen molar-refractivity contribution in [1.82, 2.24) is 21.3 Å². The summed E-state index contributed by atoms with van der Waals surface area (Å²) in [4.78, 5) is 67.9. The summed E-state index contributed by atoms with van der Waals surface area (Å²) in [7, 11) is 0. The van der Waals surface area contributed by atoms with Crippen molar-refractivity contribution in [2.75, 3.05) is 6.61 Å². The number of Topliss-reactive ketones (excluding diaryl/α,β-unsaturated/α-hetero) is 1. The summed E-state index contributed by atoms with van der Waals surface area (Å²) in [5.41, 5.74) is 0.0873. The molecule has 0 aliphatic carbocycles. The van der Waals surface area contributed by atoms with E-state index in [2.05, 4.69) is 21.3 Å². The van der Waals surface area contributed by atoms with Gasteiger partial charge in [0.25, 0.3) is 0 Å². The molecule has 2 aromatic carbocycles. The fraction of sp³-hybridized carbons (Fsp3) is 0.564. The highest BCUT2D eigenvalue weighted by Crippen LogP contribution is 2.29. The monoisotopic (exact) mass is 692 g/mol. The Kier molecular flexibility index (Phi) is 14.6. The molecule has 50 heavy (non-hydrogen) atoms. The summed E-state index contributed by atoms with van der Waals surface area (Å²) in [5, 5.41) is 11.3. The number of alkyl carbamates (subject to hydrolysis) is 1. The molecule has 11 nitrogen and oxygen atoms in total. The molecule has 1 aliphatic rings. The number of ether oxygens (including phenoxy) is 2. The van der Waals surface area contributed by atoms with E-state index in [0.717, 1.165) is 11.1 Å². The van der Waals surface area contributed by atoms with Gasteiger partial charge in [-0.25, -0.2) is 4.79 Å². The topological polar surface area (TPSA) is 155 Å². The van der Waals surface area contributed by atoms with E-state index in [0.29, 0.717) is 25.9 Å². The van der Waals surface area contributed by atoms with Gasteiger partial charge in [0.2, 0.25) is 17.7 Å². The van der Waals surface area contributed by atoms with Gasteiger partial charge < -0.3 is 30.7 Å². The number of rotatable bonds is 18. The molecule has 0 spiro atoms. The molecular formula is C39H56N4O7. The second-order valence-electron chi connectivity index (χ2n) is 14.9. The number of nitrogens with one attached hydrogen (secondary N) is 4. The lowest BCUT2D eigenvalue weighted by atomic mass is 9.92. The van der Waals surface area contributed by atoms with Gasteiger partial charge in [-0.2, -0.15) is 0 Å². The number of hydrogen-bond donors (Lipinski definition) is 4. The Morgan fingerprint density at radius 3 is 1.84 bits per heavy atom. The molecule has 3 rings (SSSR count). The summed E-state index contributed by atoms with van der Waals surface area (Å²) in [5.74, 6) is -2.01. The smallest absolute Gasteiger partial charge is 0.408 e. The van der Waals surface area contributed by atoms with Crippen molar-refractivity contribution in [1.29, 1.82) is 0 Å². The number of ketones is 1. The van der Waals surface area contributed by atoms with Crippen molar-refractivity contribution in [3.05, 3.63) is 71.8 Å². The Labute approximate surface area is 297 Å². The summed E-state index contributed by atoms with van der Waals surface area (Å²) >= 11 is 0. The second kappa shape index (κ2) is 18.1. The number of hydrogen-bond acceptors (Lipinski definition) is 7. The standard InChI is InChI=1S/C39H56N4O7/c1-9-26(4)32(43-34(45)29(42-37(48)50-38(5,6)7)21-20-27-16-12-10-13-17-27)36(47)41-31(23-28-18-14-11-15-19-28)35(46)40-30(22-25(2)3)33(44)39(8)24-49-39/h10-19,25-26,29-32H,9,20-24H2,1-8H3,(H,40,46)(H,41,47)(H,42,48)(H,43,45)/t26?,29-,30?,31-,32?,39?/m0/s1. The Bertz CT molecular complexity index is 1440. The van der Waals surface area contributed by atoms with Gasteiger partial charge in [0.05, 0.1) is 12.6 Å². The van der Waals surface area contributed by atoms with E-state index in [1.807, 2.05) is 88.4 Å². The molecule has 4 unspecified atom stereocenters. The van der Waals surface area contributed by atoms with Crippen LogP contribution in [-0.2, 0) is 41.5 Å². The molecule has 1 fully saturated rings. The quantitative estimate of drug-likeness (QED) is 0.166. The molecule has 4 N–H and O–H groups in total. The SMILES string of the molecule is CCC(C)C(NC(=O)[C@H](CCc1ccccc1)NC(=O)OC(C)(C)C)C(=O)N[C@@H](Cc1ccccc1)C(=O)NC(CC(C)C)C(=O)C1(C)CO1. The van der Waals surface area contributed by atoms with E-state index in [9.17, 15) is 24.0 Å². The Hall–Kier alpha value is -4.25. The van der Waals surface area contributed by atoms with E-state index in [4.69, 9.17) is 9.47 Å². The van der Waals surface area contributed by atoms with Crippen molar-refractivity contribution in [3.8, 4) is 0 Å². The van der Waals surface area contributed by atoms with Crippen molar-refractivity contribution >= 4 is 29.6 Å². The molecule has 1 heterocycles. The average molecular weight is 693 g/mol. The maximum Gasteiger partial charge on any atom is 0.408 e. The normalized spacial score (nSPS) is 18.5. The average Bonchev–Trinajstić information content (AvgIpc) is 3.81. The largest absolute Gasteiger partial charge is 0.444 e. The van der Waals surface area contributed by atoms with Crippen LogP contribution in [0.3, 0.4) is 0 Å². The first kappa shape index (κ1) is 40.2. The number of epoxide rings is 1. The van der Waals surface area contributed by atoms with Crippen LogP contribution in [0, 0.1) is 11.8 Å². The van der Waals surface area contributed by atoms with Gasteiger partial charge in [0.15, 0.2) is 5.78 Å². The van der Waals surface area contributed by atoms with E-state index < -0.39 is 59.2 Å². The third-order valence-electron chi connectivity index (χ3n) is 8.72. The van der Waals surface area contributed by atoms with E-state index in [-0.39, 0.29) is 30.5 Å². The summed E-state index contributed by atoms with van der Waals surface area (Å²) in [6.45, 7) is 14.9. The molecule has 1 saturated heterocycles. The highest BCUT2D eigenvalue weighted by atomic mass is 16.6. The fourth-order valence-corrected chi connectivity index (χ4v) is 5.54. The number of aryl methyl sites for hydroxylation is 1. The zero-order valence-corrected chi connectivity index (χ0v) is 30.8. The van der Waals surface area contributed by atoms with Gasteiger partial charge in [-0.3, -0.25) is 19.2 Å². The molecule has 6 atom stereocenters. The molecular weight excluding hydrogens is 636 g/mol. The number of carbonyl (C=O) groups is 5. The Morgan fingerprint density at radius 2 is 1.32 bits per heavy atom. The van der Waals surface area contributed by atoms with Crippen LogP contribution >= 0.6 is 0 Å². The summed E-state index contributed by atoms with van der Waals surface area (Å²) < 4.78 is 10.8. The maximum absolute atomic E-state index is 14.1. The second-order valence-corrected chi connectivity index (χ2v) is 14.9. The predicted octanol–water partition coefficient (Wildman–Crippen LogP) is 4.66. The third-order valence-corrected chi connectivity index (χ3v) is 8.72. The van der Waals surface area contributed by atoms with Crippen LogP contribution in [0.1, 0.15) is 85.8 Å². The van der Waals surface area contributed by atoms with Crippen LogP contribution in [-0.4, -0.2) is 71.6 Å². The van der Waals surface area contributed by atoms with Gasteiger partial charge in [0, 0.05) is 6.42 Å². The van der Waals surface area contributed by atoms with E-state index in [1.54, 1.807) is 27.7 Å². The molecule has 0 saturated carbocycles. The lowest BCUT2D eigenvalue weighted by Crippen LogP contribution is -2.60. The minimum absolute atomic E-state index is 0.114. The van der Waals surface area contributed by atoms with Crippen LogP contribution in [0.2, 0.25) is 0 Å². The van der Waals surface area contributed by atoms with Gasteiger partial charge in [-0.1, -0.05) is 94.8 Å². The van der Waals surface area contributed by atoms with Gasteiger partial charge in [-0.05, 0) is 69.9 Å². The van der Waals surface area contributed by atoms with Crippen LogP contribution in [0.5, 0.6) is 0 Å². The van der Waals surface area contributed by atoms with Crippen molar-refractivity contribution in [2.24, 2.45) is 11.8 Å². The van der Waals surface area contributed by atoms with Crippen LogP contribution < -0.4 is 21.3 Å². The first-order valence-electron chi connectivity index (χ1n) is 17.7. The third kappa shape index (κ3) is 12.9. The lowest BCUT2D eigenvalue weighted by molar-refractivity contribution is -0.135. The highest BCUT2D eigenvalue weighted by molar-refractivity contribution is 5.98. The van der Waals surface area contributed by atoms with Crippen LogP contribution in [0.4, 0.5) is 4.79 Å². The van der Waals surface area contributed by atoms with E-state index in [1.165, 1.54) is 0 Å². The molecule has 11 heteroatoms. The van der Waals surface area contributed by atoms with Crippen molar-refractivity contribution in [2.45, 2.75) is 123 Å². The Balaban J connectivity index is 1.84. The number of benzene rings is 2. The molecule has 0 bridgehead atoms. The molecule has 1 aliphatic heterocycles. The lowest BCUT2D eigenvalue weighted by Gasteiger charge is -2.29. The highest BCUT2D eigenvalue weighted by Gasteiger charge is 2.50. The van der Waals surface area contributed by atoms with Crippen LogP contribution in [0.25, 0.3) is 0 Å². The molecule has 4 amide bonds. The van der Waals surface area contributed by atoms with Gasteiger partial charge in [0.1, 0.15) is 29.3 Å². The number of carbonyl (C=O) groups excluding carboxylic acids is 5. The zero-order valence-electron chi connectivity index (χ0n) is 30.8.